The van der Waals surface area contributed by atoms with Crippen LogP contribution in [0, 0.1) is 6.92 Å². The number of hydrogen-bond acceptors (Lipinski definition) is 3. The standard InChI is InChI=1S/C11H17NO2S/c1-8-6-10(4-5-11(8)12)15(13)9(2)7-14-3/h4-6,9H,7,12H2,1-3H3. The third kappa shape index (κ3) is 3.04. The lowest BCUT2D eigenvalue weighted by Crippen LogP contribution is -2.17. The maximum Gasteiger partial charge on any atom is 0.0607 e. The minimum absolute atomic E-state index is 0.00183. The van der Waals surface area contributed by atoms with E-state index < -0.39 is 10.8 Å². The van der Waals surface area contributed by atoms with Gasteiger partial charge in [0.15, 0.2) is 0 Å². The molecule has 0 spiro atoms. The largest absolute Gasteiger partial charge is 0.399 e. The van der Waals surface area contributed by atoms with E-state index in [0.29, 0.717) is 6.61 Å². The molecule has 15 heavy (non-hydrogen) atoms. The van der Waals surface area contributed by atoms with E-state index in [9.17, 15) is 4.21 Å². The average Bonchev–Trinajstić information content (AvgIpc) is 2.21. The molecule has 2 atom stereocenters. The van der Waals surface area contributed by atoms with E-state index in [1.165, 1.54) is 0 Å². The molecule has 1 rings (SSSR count). The maximum absolute atomic E-state index is 12.0. The molecule has 2 N–H and O–H groups in total. The summed E-state index contributed by atoms with van der Waals surface area (Å²) in [5.41, 5.74) is 7.40. The minimum atomic E-state index is -1.03. The molecule has 3 nitrogen and oxygen atoms in total. The van der Waals surface area contributed by atoms with Crippen molar-refractivity contribution in [2.24, 2.45) is 0 Å². The number of anilines is 1. The first-order chi connectivity index (χ1) is 7.06. The SMILES string of the molecule is COCC(C)S(=O)c1ccc(N)c(C)c1. The quantitative estimate of drug-likeness (QED) is 0.797. The van der Waals surface area contributed by atoms with Gasteiger partial charge in [-0.3, -0.25) is 4.21 Å². The predicted octanol–water partition coefficient (Wildman–Crippen LogP) is 1.72. The van der Waals surface area contributed by atoms with Crippen molar-refractivity contribution in [2.45, 2.75) is 24.0 Å². The second-order valence-corrected chi connectivity index (χ2v) is 5.45. The maximum atomic E-state index is 12.0. The van der Waals surface area contributed by atoms with Gasteiger partial charge in [-0.2, -0.15) is 0 Å². The molecule has 0 aromatic heterocycles. The van der Waals surface area contributed by atoms with E-state index in [1.807, 2.05) is 26.0 Å². The Hall–Kier alpha value is -0.870. The minimum Gasteiger partial charge on any atom is -0.399 e. The lowest BCUT2D eigenvalue weighted by molar-refractivity contribution is 0.201. The number of rotatable bonds is 4. The summed E-state index contributed by atoms with van der Waals surface area (Å²) in [6.07, 6.45) is 0. The van der Waals surface area contributed by atoms with E-state index in [-0.39, 0.29) is 5.25 Å². The van der Waals surface area contributed by atoms with Crippen molar-refractivity contribution in [3.63, 3.8) is 0 Å². The number of hydrogen-bond donors (Lipinski definition) is 1. The Morgan fingerprint density at radius 3 is 2.73 bits per heavy atom. The molecule has 0 aliphatic carbocycles. The highest BCUT2D eigenvalue weighted by molar-refractivity contribution is 7.85. The molecular formula is C11H17NO2S. The Morgan fingerprint density at radius 2 is 2.20 bits per heavy atom. The molecule has 0 heterocycles. The lowest BCUT2D eigenvalue weighted by atomic mass is 10.2. The molecule has 1 aromatic rings. The van der Waals surface area contributed by atoms with Gasteiger partial charge in [0.05, 0.1) is 22.7 Å². The summed E-state index contributed by atoms with van der Waals surface area (Å²) in [6.45, 7) is 4.32. The van der Waals surface area contributed by atoms with Crippen molar-refractivity contribution in [3.05, 3.63) is 23.8 Å². The number of aryl methyl sites for hydroxylation is 1. The van der Waals surface area contributed by atoms with E-state index in [0.717, 1.165) is 16.1 Å². The summed E-state index contributed by atoms with van der Waals surface area (Å²) < 4.78 is 17.0. The fraction of sp³-hybridized carbons (Fsp3) is 0.455. The number of nitrogens with two attached hydrogens (primary N) is 1. The molecule has 0 saturated heterocycles. The van der Waals surface area contributed by atoms with Crippen LogP contribution in [0.4, 0.5) is 5.69 Å². The summed E-state index contributed by atoms with van der Waals surface area (Å²) in [4.78, 5) is 0.811. The summed E-state index contributed by atoms with van der Waals surface area (Å²) in [5, 5.41) is -0.00183. The Morgan fingerprint density at radius 1 is 1.53 bits per heavy atom. The first-order valence-electron chi connectivity index (χ1n) is 4.82. The van der Waals surface area contributed by atoms with Crippen molar-refractivity contribution in [2.75, 3.05) is 19.5 Å². The van der Waals surface area contributed by atoms with Gasteiger partial charge >= 0.3 is 0 Å². The van der Waals surface area contributed by atoms with Gasteiger partial charge < -0.3 is 10.5 Å². The average molecular weight is 227 g/mol. The van der Waals surface area contributed by atoms with Gasteiger partial charge in [0.25, 0.3) is 0 Å². The van der Waals surface area contributed by atoms with Crippen LogP contribution in [0.2, 0.25) is 0 Å². The van der Waals surface area contributed by atoms with Crippen LogP contribution in [0.5, 0.6) is 0 Å². The first kappa shape index (κ1) is 12.2. The Labute approximate surface area is 93.1 Å². The summed E-state index contributed by atoms with van der Waals surface area (Å²) >= 11 is 0. The van der Waals surface area contributed by atoms with Gasteiger partial charge in [0, 0.05) is 17.7 Å². The molecule has 84 valence electrons. The molecule has 0 fully saturated rings. The van der Waals surface area contributed by atoms with Crippen LogP contribution in [0.15, 0.2) is 23.1 Å². The number of ether oxygens (including phenoxy) is 1. The first-order valence-corrected chi connectivity index (χ1v) is 6.03. The third-order valence-electron chi connectivity index (χ3n) is 2.24. The second kappa shape index (κ2) is 5.28. The molecule has 0 saturated carbocycles. The van der Waals surface area contributed by atoms with E-state index in [2.05, 4.69) is 0 Å². The number of benzene rings is 1. The third-order valence-corrected chi connectivity index (χ3v) is 3.83. The monoisotopic (exact) mass is 227 g/mol. The Balaban J connectivity index is 2.87. The van der Waals surface area contributed by atoms with E-state index >= 15 is 0 Å². The van der Waals surface area contributed by atoms with Crippen LogP contribution in [-0.2, 0) is 15.5 Å². The summed E-state index contributed by atoms with van der Waals surface area (Å²) in [7, 11) is 0.586. The molecule has 4 heteroatoms. The number of methoxy groups -OCH3 is 1. The van der Waals surface area contributed by atoms with Gasteiger partial charge in [0.1, 0.15) is 0 Å². The van der Waals surface area contributed by atoms with Crippen LogP contribution >= 0.6 is 0 Å². The van der Waals surface area contributed by atoms with Gasteiger partial charge in [-0.25, -0.2) is 0 Å². The zero-order valence-corrected chi connectivity index (χ0v) is 10.1. The molecule has 0 aliphatic rings. The molecular weight excluding hydrogens is 210 g/mol. The molecule has 0 radical (unpaired) electrons. The van der Waals surface area contributed by atoms with E-state index in [1.54, 1.807) is 13.2 Å². The van der Waals surface area contributed by atoms with Crippen LogP contribution in [0.1, 0.15) is 12.5 Å². The van der Waals surface area contributed by atoms with Crippen LogP contribution < -0.4 is 5.73 Å². The molecule has 2 unspecified atom stereocenters. The summed E-state index contributed by atoms with van der Waals surface area (Å²) in [6, 6.07) is 5.48. The smallest absolute Gasteiger partial charge is 0.0607 e. The van der Waals surface area contributed by atoms with Crippen molar-refractivity contribution < 1.29 is 8.95 Å². The van der Waals surface area contributed by atoms with Crippen molar-refractivity contribution in [1.82, 2.24) is 0 Å². The zero-order chi connectivity index (χ0) is 11.4. The molecule has 0 amide bonds. The fourth-order valence-corrected chi connectivity index (χ4v) is 2.52. The van der Waals surface area contributed by atoms with Gasteiger partial charge in [-0.1, -0.05) is 0 Å². The lowest BCUT2D eigenvalue weighted by Gasteiger charge is -2.11. The molecule has 0 aliphatic heterocycles. The van der Waals surface area contributed by atoms with Crippen molar-refractivity contribution >= 4 is 16.5 Å². The van der Waals surface area contributed by atoms with E-state index in [4.69, 9.17) is 10.5 Å². The summed E-state index contributed by atoms with van der Waals surface area (Å²) in [5.74, 6) is 0. The fourth-order valence-electron chi connectivity index (χ4n) is 1.30. The topological polar surface area (TPSA) is 52.3 Å². The van der Waals surface area contributed by atoms with Crippen LogP contribution in [-0.4, -0.2) is 23.2 Å². The highest BCUT2D eigenvalue weighted by Crippen LogP contribution is 2.17. The Kier molecular flexibility index (Phi) is 4.29. The molecule has 1 aromatic carbocycles. The van der Waals surface area contributed by atoms with Gasteiger partial charge in [0.2, 0.25) is 0 Å². The van der Waals surface area contributed by atoms with Gasteiger partial charge in [-0.05, 0) is 37.6 Å². The van der Waals surface area contributed by atoms with Gasteiger partial charge in [-0.15, -0.1) is 0 Å². The second-order valence-electron chi connectivity index (χ2n) is 3.58. The Bertz CT molecular complexity index is 366. The highest BCUT2D eigenvalue weighted by Gasteiger charge is 2.13. The van der Waals surface area contributed by atoms with Crippen molar-refractivity contribution in [3.8, 4) is 0 Å². The zero-order valence-electron chi connectivity index (χ0n) is 9.32. The predicted molar refractivity (Wildman–Crippen MR) is 63.3 cm³/mol. The van der Waals surface area contributed by atoms with Crippen LogP contribution in [0.25, 0.3) is 0 Å². The highest BCUT2D eigenvalue weighted by atomic mass is 32.2. The normalized spacial score (nSPS) is 14.9. The van der Waals surface area contributed by atoms with Crippen LogP contribution in [0.3, 0.4) is 0 Å². The van der Waals surface area contributed by atoms with Crippen molar-refractivity contribution in [1.29, 1.82) is 0 Å². The number of nitrogen functional groups attached to an aromatic ring is 1. The molecule has 0 bridgehead atoms.